The van der Waals surface area contributed by atoms with Crippen molar-refractivity contribution < 1.29 is 7.48 Å². The Morgan fingerprint density at radius 1 is 0.656 bits per heavy atom. The molecule has 0 fully saturated rings. The monoisotopic (exact) mass is 415 g/mol. The smallest absolute Gasteiger partial charge is 0.219 e. The van der Waals surface area contributed by atoms with Crippen LogP contribution in [0.2, 0.25) is 0 Å². The fourth-order valence-electron chi connectivity index (χ4n) is 4.07. The topological polar surface area (TPSA) is 39.9 Å². The molecule has 32 heavy (non-hydrogen) atoms. The minimum absolute atomic E-state index is 0.353. The van der Waals surface area contributed by atoms with E-state index in [-0.39, 0.29) is 0 Å². The molecular formula is C28H19N3O. The summed E-state index contributed by atoms with van der Waals surface area (Å²) in [5.74, 6) is 1.82. The standard InChI is InChI=1S/C28H19N3O/c1-2-11-25-23(10-1)24-15-14-21(19-26(24)31(25)27-12-3-5-16-29-27)20-8-7-9-22(18-20)32-28-13-4-6-17-30-28/h1-19H/i4D,5D. The fourth-order valence-corrected chi connectivity index (χ4v) is 4.07. The molecule has 0 aliphatic heterocycles. The number of para-hydroxylation sites is 1. The zero-order valence-corrected chi connectivity index (χ0v) is 17.1. The summed E-state index contributed by atoms with van der Waals surface area (Å²) in [7, 11) is 0. The third-order valence-corrected chi connectivity index (χ3v) is 5.47. The summed E-state index contributed by atoms with van der Waals surface area (Å²) < 4.78 is 23.6. The van der Waals surface area contributed by atoms with E-state index in [2.05, 4.69) is 44.9 Å². The lowest BCUT2D eigenvalue weighted by Crippen LogP contribution is -1.96. The maximum atomic E-state index is 7.80. The van der Waals surface area contributed by atoms with Gasteiger partial charge in [-0.1, -0.05) is 54.6 Å². The largest absolute Gasteiger partial charge is 0.439 e. The molecule has 3 aromatic heterocycles. The van der Waals surface area contributed by atoms with E-state index in [4.69, 9.17) is 7.48 Å². The molecule has 0 aliphatic rings. The first-order valence-corrected chi connectivity index (χ1v) is 10.3. The van der Waals surface area contributed by atoms with Crippen molar-refractivity contribution in [3.63, 3.8) is 0 Å². The highest BCUT2D eigenvalue weighted by Gasteiger charge is 2.13. The van der Waals surface area contributed by atoms with E-state index in [0.29, 0.717) is 23.7 Å². The molecule has 0 radical (unpaired) electrons. The number of rotatable bonds is 4. The maximum absolute atomic E-state index is 7.80. The molecule has 0 spiro atoms. The van der Waals surface area contributed by atoms with Crippen LogP contribution >= 0.6 is 0 Å². The molecule has 0 aliphatic carbocycles. The average molecular weight is 415 g/mol. The van der Waals surface area contributed by atoms with Crippen LogP contribution in [0.4, 0.5) is 0 Å². The molecule has 3 heterocycles. The molecule has 0 saturated carbocycles. The Hall–Kier alpha value is -4.44. The van der Waals surface area contributed by atoms with E-state index in [1.807, 2.05) is 42.5 Å². The number of fused-ring (bicyclic) bond motifs is 3. The summed E-state index contributed by atoms with van der Waals surface area (Å²) >= 11 is 0. The Kier molecular flexibility index (Phi) is 3.90. The van der Waals surface area contributed by atoms with Gasteiger partial charge in [0.25, 0.3) is 0 Å². The Labute approximate surface area is 188 Å². The SMILES string of the molecule is [2H]c1ccc(-n2c3ccccc3c3ccc(-c4cccc(Oc5cc([2H])ccn5)c4)cc32)nc1. The highest BCUT2D eigenvalue weighted by Crippen LogP contribution is 2.35. The summed E-state index contributed by atoms with van der Waals surface area (Å²) in [4.78, 5) is 8.71. The van der Waals surface area contributed by atoms with Gasteiger partial charge in [0, 0.05) is 29.2 Å². The molecular weight excluding hydrogens is 394 g/mol. The van der Waals surface area contributed by atoms with Crippen molar-refractivity contribution in [2.75, 3.05) is 0 Å². The van der Waals surface area contributed by atoms with E-state index in [9.17, 15) is 0 Å². The summed E-state index contributed by atoms with van der Waals surface area (Å²) in [6.45, 7) is 0. The Morgan fingerprint density at radius 3 is 2.47 bits per heavy atom. The lowest BCUT2D eigenvalue weighted by atomic mass is 10.0. The average Bonchev–Trinajstić information content (AvgIpc) is 3.18. The summed E-state index contributed by atoms with van der Waals surface area (Å²) in [6.07, 6.45) is 3.13. The molecule has 152 valence electrons. The third kappa shape index (κ3) is 3.19. The normalized spacial score (nSPS) is 12.0. The quantitative estimate of drug-likeness (QED) is 0.310. The van der Waals surface area contributed by atoms with Crippen molar-refractivity contribution in [3.8, 4) is 28.6 Å². The van der Waals surface area contributed by atoms with Crippen molar-refractivity contribution in [2.24, 2.45) is 0 Å². The first kappa shape index (κ1) is 16.3. The molecule has 4 heteroatoms. The van der Waals surface area contributed by atoms with Gasteiger partial charge in [-0.15, -0.1) is 0 Å². The zero-order valence-electron chi connectivity index (χ0n) is 19.1. The predicted octanol–water partition coefficient (Wildman–Crippen LogP) is 7.03. The minimum atomic E-state index is 0.353. The molecule has 4 nitrogen and oxygen atoms in total. The highest BCUT2D eigenvalue weighted by molar-refractivity contribution is 6.10. The number of hydrogen-bond donors (Lipinski definition) is 0. The van der Waals surface area contributed by atoms with Gasteiger partial charge < -0.3 is 4.74 Å². The second-order valence-corrected chi connectivity index (χ2v) is 7.42. The van der Waals surface area contributed by atoms with Gasteiger partial charge in [0.1, 0.15) is 11.6 Å². The number of hydrogen-bond acceptors (Lipinski definition) is 3. The molecule has 0 N–H and O–H groups in total. The van der Waals surface area contributed by atoms with Gasteiger partial charge in [-0.05, 0) is 53.6 Å². The molecule has 0 amide bonds. The number of ether oxygens (including phenoxy) is 1. The fraction of sp³-hybridized carbons (Fsp3) is 0. The van der Waals surface area contributed by atoms with Gasteiger partial charge in [0.15, 0.2) is 0 Å². The van der Waals surface area contributed by atoms with Crippen molar-refractivity contribution >= 4 is 21.8 Å². The van der Waals surface area contributed by atoms with E-state index < -0.39 is 0 Å². The van der Waals surface area contributed by atoms with Crippen LogP contribution in [-0.4, -0.2) is 14.5 Å². The first-order valence-electron chi connectivity index (χ1n) is 11.3. The van der Waals surface area contributed by atoms with Gasteiger partial charge >= 0.3 is 0 Å². The number of pyridine rings is 2. The second-order valence-electron chi connectivity index (χ2n) is 7.42. The van der Waals surface area contributed by atoms with Crippen molar-refractivity contribution in [2.45, 2.75) is 0 Å². The van der Waals surface area contributed by atoms with Crippen molar-refractivity contribution in [1.82, 2.24) is 14.5 Å². The number of benzene rings is 3. The van der Waals surface area contributed by atoms with Gasteiger partial charge in [-0.3, -0.25) is 4.57 Å². The molecule has 3 aromatic carbocycles. The molecule has 0 atom stereocenters. The van der Waals surface area contributed by atoms with E-state index in [1.165, 1.54) is 0 Å². The summed E-state index contributed by atoms with van der Waals surface area (Å²) in [5.41, 5.74) is 4.16. The van der Waals surface area contributed by atoms with Crippen LogP contribution < -0.4 is 4.74 Å². The molecule has 6 rings (SSSR count). The first-order chi connectivity index (χ1) is 16.7. The van der Waals surface area contributed by atoms with E-state index >= 15 is 0 Å². The highest BCUT2D eigenvalue weighted by atomic mass is 16.5. The Morgan fingerprint density at radius 2 is 1.56 bits per heavy atom. The predicted molar refractivity (Wildman–Crippen MR) is 128 cm³/mol. The lowest BCUT2D eigenvalue weighted by molar-refractivity contribution is 0.463. The molecule has 0 bridgehead atoms. The number of aromatic nitrogens is 3. The van der Waals surface area contributed by atoms with Gasteiger partial charge in [-0.25, -0.2) is 9.97 Å². The van der Waals surface area contributed by atoms with Crippen LogP contribution in [0.1, 0.15) is 2.74 Å². The van der Waals surface area contributed by atoms with Crippen LogP contribution in [0, 0.1) is 0 Å². The summed E-state index contributed by atoms with van der Waals surface area (Å²) in [6, 6.07) is 30.1. The van der Waals surface area contributed by atoms with Crippen LogP contribution in [0.25, 0.3) is 38.8 Å². The Balaban J connectivity index is 1.48. The van der Waals surface area contributed by atoms with Crippen LogP contribution in [0.3, 0.4) is 0 Å². The maximum Gasteiger partial charge on any atom is 0.219 e. The van der Waals surface area contributed by atoms with Gasteiger partial charge in [-0.2, -0.15) is 0 Å². The Bertz CT molecular complexity index is 1660. The van der Waals surface area contributed by atoms with Gasteiger partial charge in [0.2, 0.25) is 5.88 Å². The van der Waals surface area contributed by atoms with Crippen molar-refractivity contribution in [1.29, 1.82) is 0 Å². The van der Waals surface area contributed by atoms with Crippen molar-refractivity contribution in [3.05, 3.63) is 115 Å². The van der Waals surface area contributed by atoms with Gasteiger partial charge in [0.05, 0.1) is 13.8 Å². The summed E-state index contributed by atoms with van der Waals surface area (Å²) in [5, 5.41) is 2.29. The molecule has 6 aromatic rings. The van der Waals surface area contributed by atoms with E-state index in [0.717, 1.165) is 38.8 Å². The van der Waals surface area contributed by atoms with Crippen LogP contribution in [0.15, 0.2) is 115 Å². The third-order valence-electron chi connectivity index (χ3n) is 5.47. The minimum Gasteiger partial charge on any atom is -0.439 e. The van der Waals surface area contributed by atoms with E-state index in [1.54, 1.807) is 30.6 Å². The lowest BCUT2D eigenvalue weighted by Gasteiger charge is -2.09. The molecule has 0 saturated heterocycles. The second kappa shape index (κ2) is 7.67. The zero-order chi connectivity index (χ0) is 23.1. The van der Waals surface area contributed by atoms with Crippen LogP contribution in [-0.2, 0) is 0 Å². The van der Waals surface area contributed by atoms with Crippen LogP contribution in [0.5, 0.6) is 11.6 Å². The molecule has 0 unspecified atom stereocenters. The number of nitrogens with zero attached hydrogens (tertiary/aromatic N) is 3.